The monoisotopic (exact) mass is 1080 g/mol. The third kappa shape index (κ3) is 15.7. The molecule has 0 spiro atoms. The Morgan fingerprint density at radius 3 is 2.44 bits per heavy atom. The molecule has 23 nitrogen and oxygen atoms in total. The number of hydrogen-bond acceptors (Lipinski definition) is 15. The summed E-state index contributed by atoms with van der Waals surface area (Å²) < 4.78 is 34.7. The van der Waals surface area contributed by atoms with Crippen molar-refractivity contribution in [1.82, 2.24) is 39.9 Å². The van der Waals surface area contributed by atoms with Crippen molar-refractivity contribution in [2.24, 2.45) is 17.6 Å². The summed E-state index contributed by atoms with van der Waals surface area (Å²) in [6.07, 6.45) is 3.51. The number of primary amides is 1. The molecule has 78 heavy (non-hydrogen) atoms. The number of imide groups is 1. The summed E-state index contributed by atoms with van der Waals surface area (Å²) in [6.45, 7) is 4.31. The van der Waals surface area contributed by atoms with Gasteiger partial charge < -0.3 is 45.8 Å². The van der Waals surface area contributed by atoms with Crippen molar-refractivity contribution in [3.05, 3.63) is 94.6 Å². The number of carbonyl (C=O) groups is 8. The largest absolute Gasteiger partial charge is 0.497 e. The number of rotatable bonds is 26. The van der Waals surface area contributed by atoms with Gasteiger partial charge in [-0.3, -0.25) is 48.3 Å². The lowest BCUT2D eigenvalue weighted by Crippen LogP contribution is -2.54. The maximum atomic E-state index is 16.5. The number of fused-ring (bicyclic) bond motifs is 2. The van der Waals surface area contributed by atoms with Crippen molar-refractivity contribution < 1.29 is 57.0 Å². The van der Waals surface area contributed by atoms with Crippen molar-refractivity contribution in [2.75, 3.05) is 57.1 Å². The number of anilines is 2. The van der Waals surface area contributed by atoms with Crippen LogP contribution in [0.5, 0.6) is 11.5 Å². The molecule has 1 saturated heterocycles. The molecule has 3 aliphatic heterocycles. The van der Waals surface area contributed by atoms with Crippen LogP contribution in [0.3, 0.4) is 0 Å². The highest BCUT2D eigenvalue weighted by atomic mass is 19.1. The Labute approximate surface area is 449 Å². The molecule has 0 unspecified atom stereocenters. The van der Waals surface area contributed by atoms with Gasteiger partial charge >= 0.3 is 12.1 Å². The van der Waals surface area contributed by atoms with Crippen molar-refractivity contribution in [3.8, 4) is 11.5 Å². The van der Waals surface area contributed by atoms with E-state index in [9.17, 15) is 43.2 Å². The molecule has 0 bridgehead atoms. The Hall–Kier alpha value is -8.28. The van der Waals surface area contributed by atoms with Gasteiger partial charge in [0.25, 0.3) is 23.3 Å². The third-order valence-corrected chi connectivity index (χ3v) is 13.7. The average Bonchev–Trinajstić information content (AvgIpc) is 3.75. The van der Waals surface area contributed by atoms with Gasteiger partial charge in [0, 0.05) is 81.9 Å². The van der Waals surface area contributed by atoms with E-state index in [4.69, 9.17) is 19.9 Å². The number of likely N-dealkylation sites (tertiary alicyclic amines) is 1. The van der Waals surface area contributed by atoms with Gasteiger partial charge in [-0.25, -0.2) is 23.9 Å². The topological polar surface area (TPSA) is 296 Å². The molecule has 0 radical (unpaired) electrons. The van der Waals surface area contributed by atoms with Gasteiger partial charge in [0.1, 0.15) is 18.5 Å². The molecule has 0 aliphatic carbocycles. The van der Waals surface area contributed by atoms with Crippen LogP contribution in [0.2, 0.25) is 0 Å². The van der Waals surface area contributed by atoms with Crippen LogP contribution in [-0.2, 0) is 53.2 Å². The molecule has 7 rings (SSSR count). The van der Waals surface area contributed by atoms with Crippen LogP contribution < -0.4 is 42.0 Å². The molecule has 1 fully saturated rings. The predicted octanol–water partition coefficient (Wildman–Crippen LogP) is 3.97. The van der Waals surface area contributed by atoms with Gasteiger partial charge in [-0.15, -0.1) is 0 Å². The number of nitrogens with two attached hydrogens (primary N) is 1. The van der Waals surface area contributed by atoms with Crippen molar-refractivity contribution in [1.29, 1.82) is 0 Å². The van der Waals surface area contributed by atoms with Crippen molar-refractivity contribution >= 4 is 70.0 Å². The van der Waals surface area contributed by atoms with E-state index in [-0.39, 0.29) is 112 Å². The molecule has 8 amide bonds. The van der Waals surface area contributed by atoms with E-state index in [0.29, 0.717) is 78.2 Å². The number of nitrogens with one attached hydrogen (secondary N) is 4. The van der Waals surface area contributed by atoms with E-state index in [1.807, 2.05) is 4.90 Å². The fraction of sp³-hybridized carbons (Fsp3) is 0.463. The first-order valence-corrected chi connectivity index (χ1v) is 26.0. The van der Waals surface area contributed by atoms with Gasteiger partial charge in [-0.1, -0.05) is 32.4 Å². The molecular weight excluding hydrogens is 1010 g/mol. The lowest BCUT2D eigenvalue weighted by Gasteiger charge is -2.40. The number of ether oxygens (including phenoxy) is 3. The number of Topliss-reactive ketones (excluding diaryl/α,β-unsaturated/α-hetero) is 1. The number of carbonyl (C=O) groups excluding carboxylic acids is 8. The summed E-state index contributed by atoms with van der Waals surface area (Å²) >= 11 is 0. The first-order chi connectivity index (χ1) is 37.5. The van der Waals surface area contributed by atoms with Crippen LogP contribution in [-0.4, -0.2) is 141 Å². The third-order valence-electron chi connectivity index (χ3n) is 13.7. The highest BCUT2D eigenvalue weighted by Gasteiger charge is 2.38. The lowest BCUT2D eigenvalue weighted by atomic mass is 9.89. The zero-order valence-electron chi connectivity index (χ0n) is 43.9. The van der Waals surface area contributed by atoms with Crippen LogP contribution in [0.15, 0.2) is 77.7 Å². The van der Waals surface area contributed by atoms with Gasteiger partial charge in [-0.05, 0) is 80.0 Å². The number of nitrogens with zero attached hydrogens (tertiary/aromatic N) is 6. The summed E-state index contributed by atoms with van der Waals surface area (Å²) in [5, 5.41) is 10.8. The number of benzene rings is 2. The second-order valence-corrected chi connectivity index (χ2v) is 19.7. The van der Waals surface area contributed by atoms with Crippen LogP contribution in [0.25, 0.3) is 11.0 Å². The minimum Gasteiger partial charge on any atom is -0.497 e. The summed E-state index contributed by atoms with van der Waals surface area (Å²) in [4.78, 5) is 128. The quantitative estimate of drug-likeness (QED) is 0.0439. The number of urea groups is 1. The van der Waals surface area contributed by atoms with E-state index in [0.717, 1.165) is 4.90 Å². The van der Waals surface area contributed by atoms with Crippen molar-refractivity contribution in [3.63, 3.8) is 0 Å². The Bertz CT molecular complexity index is 2930. The lowest BCUT2D eigenvalue weighted by molar-refractivity contribution is -0.137. The maximum absolute atomic E-state index is 16.5. The highest BCUT2D eigenvalue weighted by molar-refractivity contribution is 6.12. The molecular formula is C54H66FN11O12. The van der Waals surface area contributed by atoms with Gasteiger partial charge in [0.2, 0.25) is 11.8 Å². The number of piperidine rings is 1. The fourth-order valence-corrected chi connectivity index (χ4v) is 9.49. The number of aromatic nitrogens is 3. The Kier molecular flexibility index (Phi) is 20.0. The maximum Gasteiger partial charge on any atom is 0.410 e. The molecule has 4 atom stereocenters. The summed E-state index contributed by atoms with van der Waals surface area (Å²) in [5.41, 5.74) is 7.35. The molecule has 2 aromatic heterocycles. The van der Waals surface area contributed by atoms with E-state index in [1.165, 1.54) is 30.4 Å². The zero-order chi connectivity index (χ0) is 55.9. The highest BCUT2D eigenvalue weighted by Crippen LogP contribution is 2.29. The molecule has 416 valence electrons. The van der Waals surface area contributed by atoms with E-state index in [1.54, 1.807) is 73.0 Å². The summed E-state index contributed by atoms with van der Waals surface area (Å²) in [7, 11) is 1.53. The summed E-state index contributed by atoms with van der Waals surface area (Å²) in [6, 6.07) is 12.4. The Balaban J connectivity index is 0.959. The zero-order valence-corrected chi connectivity index (χ0v) is 43.9. The first-order valence-electron chi connectivity index (χ1n) is 26.0. The second-order valence-electron chi connectivity index (χ2n) is 19.7. The second kappa shape index (κ2) is 27.2. The van der Waals surface area contributed by atoms with E-state index in [2.05, 4.69) is 31.2 Å². The minimum absolute atomic E-state index is 0.0471. The Morgan fingerprint density at radius 2 is 1.72 bits per heavy atom. The molecule has 0 saturated carbocycles. The number of ketones is 1. The number of unbranched alkanes of at least 4 members (excludes halogenated alkanes) is 2. The van der Waals surface area contributed by atoms with Crippen LogP contribution in [0.1, 0.15) is 76.5 Å². The smallest absolute Gasteiger partial charge is 0.410 e. The standard InChI is InChI=1S/C54H66FN11O12/c1-33(2)50(61-45(68)9-5-4-6-22-65-47(70)18-19-48(65)71)43(67)26-35(8-7-21-57-53(56)74)52(73)60-36-12-10-34(11-13-36)31-78-54(75)66(29-37-14-17-44-51(59-37)62-46(69)32-77-44)41-20-23-63(30-39(41)55)24-25-64-42-27-38(76-3)15-16-40(42)58-28-49(64)72/h10-19,27-28,33,35,39,41,50H,4-9,20-26,29-32H2,1-3H3,(H,60,73)(H,61,68)(H3,56,57,74)(H,59,62,69)/t35-,39-,41-,50+/m1/s1. The number of methoxy groups -OCH3 is 1. The van der Waals surface area contributed by atoms with Gasteiger partial charge in [-0.2, -0.15) is 0 Å². The number of hydrogen-bond donors (Lipinski definition) is 5. The average molecular weight is 1080 g/mol. The molecule has 24 heteroatoms. The molecule has 3 aliphatic rings. The molecule has 5 heterocycles. The number of halogens is 1. The van der Waals surface area contributed by atoms with Crippen LogP contribution in [0, 0.1) is 11.8 Å². The van der Waals surface area contributed by atoms with E-state index < -0.39 is 48.1 Å². The number of pyridine rings is 1. The normalized spacial score (nSPS) is 16.9. The molecule has 4 aromatic rings. The van der Waals surface area contributed by atoms with Gasteiger partial charge in [0.15, 0.2) is 24.0 Å². The fourth-order valence-electron chi connectivity index (χ4n) is 9.49. The minimum atomic E-state index is -1.54. The van der Waals surface area contributed by atoms with Crippen LogP contribution >= 0.6 is 0 Å². The van der Waals surface area contributed by atoms with Gasteiger partial charge in [0.05, 0.1) is 48.7 Å². The molecule has 2 aromatic carbocycles. The molecule has 6 N–H and O–H groups in total. The first kappa shape index (κ1) is 57.4. The predicted molar refractivity (Wildman–Crippen MR) is 282 cm³/mol. The SMILES string of the molecule is COc1ccc2ncc(=O)n(CCN3CC[C@@H](N(Cc4ccc5c(n4)NC(=O)CO5)C(=O)OCc4ccc(NC(=O)[C@H](CCCNC(N)=O)CC(=O)[C@@H](NC(=O)CCCCCN5C(=O)C=CC5=O)C(C)C)cc4)[C@H](F)C3)c2c1. The number of amides is 8. The van der Waals surface area contributed by atoms with E-state index >= 15 is 4.39 Å². The Morgan fingerprint density at radius 1 is 0.949 bits per heavy atom. The number of alkyl halides is 1. The van der Waals surface area contributed by atoms with Crippen molar-refractivity contribution in [2.45, 2.75) is 103 Å². The van der Waals surface area contributed by atoms with Crippen LogP contribution in [0.4, 0.5) is 25.5 Å². The summed E-state index contributed by atoms with van der Waals surface area (Å²) in [5.74, 6) is -2.42.